The molecule has 1 amide bonds. The molecule has 0 aromatic carbocycles. The molecule has 7 heteroatoms. The number of thioether (sulfide) groups is 1. The van der Waals surface area contributed by atoms with E-state index in [1.807, 2.05) is 0 Å². The number of hydrogen-bond acceptors (Lipinski definition) is 5. The smallest absolute Gasteiger partial charge is 0.273 e. The van der Waals surface area contributed by atoms with Crippen LogP contribution in [0.5, 0.6) is 0 Å². The maximum Gasteiger partial charge on any atom is 0.273 e. The van der Waals surface area contributed by atoms with Crippen molar-refractivity contribution in [2.45, 2.75) is 31.7 Å². The SMILES string of the molecule is Cn1cc(C(=O)NCC2CCN(C3CCSCC3)CC2)nn1. The summed E-state index contributed by atoms with van der Waals surface area (Å²) in [4.78, 5) is 14.6. The van der Waals surface area contributed by atoms with Crippen molar-refractivity contribution in [3.05, 3.63) is 11.9 Å². The Hall–Kier alpha value is -1.08. The number of likely N-dealkylation sites (tertiary alicyclic amines) is 1. The minimum atomic E-state index is -0.111. The summed E-state index contributed by atoms with van der Waals surface area (Å²) in [7, 11) is 1.77. The standard InChI is InChI=1S/C15H25N5OS/c1-19-11-14(17-18-19)15(21)16-10-12-2-6-20(7-3-12)13-4-8-22-9-5-13/h11-13H,2-10H2,1H3,(H,16,21). The van der Waals surface area contributed by atoms with Crippen molar-refractivity contribution in [2.75, 3.05) is 31.1 Å². The normalized spacial score (nSPS) is 21.9. The molecule has 22 heavy (non-hydrogen) atoms. The minimum absolute atomic E-state index is 0.111. The molecule has 2 fully saturated rings. The van der Waals surface area contributed by atoms with Crippen LogP contribution in [-0.4, -0.2) is 63.0 Å². The van der Waals surface area contributed by atoms with Crippen LogP contribution in [0.15, 0.2) is 6.20 Å². The van der Waals surface area contributed by atoms with Gasteiger partial charge in [-0.2, -0.15) is 11.8 Å². The van der Waals surface area contributed by atoms with Gasteiger partial charge >= 0.3 is 0 Å². The molecule has 0 saturated carbocycles. The molecule has 2 aliphatic heterocycles. The first-order chi connectivity index (χ1) is 10.7. The Bertz CT molecular complexity index is 492. The van der Waals surface area contributed by atoms with E-state index in [0.717, 1.165) is 12.6 Å². The molecule has 0 atom stereocenters. The largest absolute Gasteiger partial charge is 0.350 e. The summed E-state index contributed by atoms with van der Waals surface area (Å²) in [5, 5.41) is 10.6. The van der Waals surface area contributed by atoms with Crippen molar-refractivity contribution >= 4 is 17.7 Å². The van der Waals surface area contributed by atoms with E-state index in [-0.39, 0.29) is 5.91 Å². The van der Waals surface area contributed by atoms with Crippen molar-refractivity contribution in [3.8, 4) is 0 Å². The van der Waals surface area contributed by atoms with Crippen molar-refractivity contribution in [1.29, 1.82) is 0 Å². The second kappa shape index (κ2) is 7.46. The Morgan fingerprint density at radius 3 is 2.68 bits per heavy atom. The fraction of sp³-hybridized carbons (Fsp3) is 0.800. The van der Waals surface area contributed by atoms with E-state index in [0.29, 0.717) is 11.6 Å². The first-order valence-electron chi connectivity index (χ1n) is 8.18. The predicted octanol–water partition coefficient (Wildman–Crippen LogP) is 1.15. The van der Waals surface area contributed by atoms with Crippen LogP contribution in [-0.2, 0) is 7.05 Å². The van der Waals surface area contributed by atoms with Gasteiger partial charge in [-0.1, -0.05) is 5.21 Å². The lowest BCUT2D eigenvalue weighted by molar-refractivity contribution is 0.0915. The molecule has 2 aliphatic rings. The zero-order valence-corrected chi connectivity index (χ0v) is 14.0. The quantitative estimate of drug-likeness (QED) is 0.901. The zero-order chi connectivity index (χ0) is 15.4. The summed E-state index contributed by atoms with van der Waals surface area (Å²) in [5.41, 5.74) is 0.402. The highest BCUT2D eigenvalue weighted by Gasteiger charge is 2.26. The lowest BCUT2D eigenvalue weighted by atomic mass is 9.94. The van der Waals surface area contributed by atoms with Crippen molar-refractivity contribution in [3.63, 3.8) is 0 Å². The minimum Gasteiger partial charge on any atom is -0.350 e. The summed E-state index contributed by atoms with van der Waals surface area (Å²) < 4.78 is 1.55. The molecule has 6 nitrogen and oxygen atoms in total. The average molecular weight is 323 g/mol. The summed E-state index contributed by atoms with van der Waals surface area (Å²) in [5.74, 6) is 3.12. The van der Waals surface area contributed by atoms with Gasteiger partial charge in [0.05, 0.1) is 6.20 Å². The second-order valence-corrected chi connectivity index (χ2v) is 7.54. The fourth-order valence-electron chi connectivity index (χ4n) is 3.35. The molecule has 3 rings (SSSR count). The van der Waals surface area contributed by atoms with Gasteiger partial charge in [-0.25, -0.2) is 0 Å². The van der Waals surface area contributed by atoms with E-state index < -0.39 is 0 Å². The Kier molecular flexibility index (Phi) is 5.36. The fourth-order valence-corrected chi connectivity index (χ4v) is 4.43. The molecule has 1 aromatic rings. The van der Waals surface area contributed by atoms with Gasteiger partial charge < -0.3 is 10.2 Å². The predicted molar refractivity (Wildman–Crippen MR) is 88.0 cm³/mol. The van der Waals surface area contributed by atoms with Gasteiger partial charge in [-0.3, -0.25) is 9.48 Å². The number of amides is 1. The first-order valence-corrected chi connectivity index (χ1v) is 9.34. The van der Waals surface area contributed by atoms with Crippen LogP contribution in [0.25, 0.3) is 0 Å². The third-order valence-electron chi connectivity index (χ3n) is 4.74. The van der Waals surface area contributed by atoms with E-state index in [2.05, 4.69) is 32.3 Å². The highest BCUT2D eigenvalue weighted by Crippen LogP contribution is 2.26. The molecule has 0 bridgehead atoms. The molecule has 1 aromatic heterocycles. The third kappa shape index (κ3) is 4.01. The number of nitrogens with one attached hydrogen (secondary N) is 1. The molecule has 0 unspecified atom stereocenters. The molecule has 1 N–H and O–H groups in total. The average Bonchev–Trinajstić information content (AvgIpc) is 3.00. The Balaban J connectivity index is 1.39. The van der Waals surface area contributed by atoms with Gasteiger partial charge in [-0.05, 0) is 56.2 Å². The molecular formula is C15H25N5OS. The third-order valence-corrected chi connectivity index (χ3v) is 5.79. The van der Waals surface area contributed by atoms with Gasteiger partial charge in [0, 0.05) is 19.6 Å². The molecule has 0 aliphatic carbocycles. The zero-order valence-electron chi connectivity index (χ0n) is 13.2. The Morgan fingerprint density at radius 2 is 2.05 bits per heavy atom. The number of carbonyl (C=O) groups is 1. The van der Waals surface area contributed by atoms with E-state index >= 15 is 0 Å². The van der Waals surface area contributed by atoms with Gasteiger partial charge in [-0.15, -0.1) is 5.10 Å². The highest BCUT2D eigenvalue weighted by molar-refractivity contribution is 7.99. The van der Waals surface area contributed by atoms with Crippen LogP contribution in [0.3, 0.4) is 0 Å². The molecule has 0 spiro atoms. The van der Waals surface area contributed by atoms with Crippen molar-refractivity contribution in [2.24, 2.45) is 13.0 Å². The topological polar surface area (TPSA) is 63.1 Å². The number of rotatable bonds is 4. The number of piperidine rings is 1. The number of hydrogen-bond donors (Lipinski definition) is 1. The number of carbonyl (C=O) groups excluding carboxylic acids is 1. The van der Waals surface area contributed by atoms with Gasteiger partial charge in [0.15, 0.2) is 5.69 Å². The van der Waals surface area contributed by atoms with Crippen LogP contribution in [0, 0.1) is 5.92 Å². The Labute approximate surface area is 136 Å². The van der Waals surface area contributed by atoms with E-state index in [1.54, 1.807) is 17.9 Å². The molecule has 2 saturated heterocycles. The monoisotopic (exact) mass is 323 g/mol. The number of nitrogens with zero attached hydrogens (tertiary/aromatic N) is 4. The second-order valence-electron chi connectivity index (χ2n) is 6.31. The lowest BCUT2D eigenvalue weighted by Gasteiger charge is -2.39. The maximum atomic E-state index is 12.0. The van der Waals surface area contributed by atoms with Crippen LogP contribution in [0.2, 0.25) is 0 Å². The molecule has 0 radical (unpaired) electrons. The Morgan fingerprint density at radius 1 is 1.32 bits per heavy atom. The lowest BCUT2D eigenvalue weighted by Crippen LogP contribution is -2.45. The molecular weight excluding hydrogens is 298 g/mol. The van der Waals surface area contributed by atoms with E-state index in [1.165, 1.54) is 50.3 Å². The molecule has 122 valence electrons. The van der Waals surface area contributed by atoms with Gasteiger partial charge in [0.2, 0.25) is 0 Å². The number of aryl methyl sites for hydroxylation is 1. The van der Waals surface area contributed by atoms with Gasteiger partial charge in [0.1, 0.15) is 0 Å². The number of aromatic nitrogens is 3. The van der Waals surface area contributed by atoms with E-state index in [4.69, 9.17) is 0 Å². The van der Waals surface area contributed by atoms with Gasteiger partial charge in [0.25, 0.3) is 5.91 Å². The first kappa shape index (κ1) is 15.8. The molecule has 3 heterocycles. The van der Waals surface area contributed by atoms with E-state index in [9.17, 15) is 4.79 Å². The summed E-state index contributed by atoms with van der Waals surface area (Å²) in [6, 6.07) is 0.802. The van der Waals surface area contributed by atoms with Crippen LogP contribution >= 0.6 is 11.8 Å². The van der Waals surface area contributed by atoms with Crippen molar-refractivity contribution in [1.82, 2.24) is 25.2 Å². The van der Waals surface area contributed by atoms with Crippen LogP contribution in [0.1, 0.15) is 36.2 Å². The summed E-state index contributed by atoms with van der Waals surface area (Å²) >= 11 is 2.09. The van der Waals surface area contributed by atoms with Crippen LogP contribution in [0.4, 0.5) is 0 Å². The maximum absolute atomic E-state index is 12.0. The van der Waals surface area contributed by atoms with Crippen molar-refractivity contribution < 1.29 is 4.79 Å². The summed E-state index contributed by atoms with van der Waals surface area (Å²) in [6.45, 7) is 3.12. The highest BCUT2D eigenvalue weighted by atomic mass is 32.2. The van der Waals surface area contributed by atoms with Crippen LogP contribution < -0.4 is 5.32 Å². The summed E-state index contributed by atoms with van der Waals surface area (Å²) in [6.07, 6.45) is 6.71.